The SMILES string of the molecule is NCCOCCOCCNC(=O)c1ccc(CNc2nc(NCCc3ccccn3)nc(NCC3CCCCC3)n2)cc1. The molecule has 3 aromatic rings. The van der Waals surface area contributed by atoms with E-state index in [1.54, 1.807) is 6.20 Å². The summed E-state index contributed by atoms with van der Waals surface area (Å²) in [7, 11) is 0. The summed E-state index contributed by atoms with van der Waals surface area (Å²) in [6, 6.07) is 13.4. The maximum Gasteiger partial charge on any atom is 0.251 e. The van der Waals surface area contributed by atoms with E-state index in [-0.39, 0.29) is 5.91 Å². The second kappa shape index (κ2) is 18.6. The Bertz CT molecular complexity index is 1210. The lowest BCUT2D eigenvalue weighted by molar-refractivity contribution is 0.0511. The predicted molar refractivity (Wildman–Crippen MR) is 168 cm³/mol. The normalized spacial score (nSPS) is 13.4. The van der Waals surface area contributed by atoms with Gasteiger partial charge < -0.3 is 36.5 Å². The number of pyridine rings is 1. The van der Waals surface area contributed by atoms with E-state index in [1.807, 2.05) is 42.5 Å². The van der Waals surface area contributed by atoms with Gasteiger partial charge in [-0.2, -0.15) is 15.0 Å². The number of benzene rings is 1. The van der Waals surface area contributed by atoms with Crippen molar-refractivity contribution in [2.75, 3.05) is 68.6 Å². The van der Waals surface area contributed by atoms with Crippen molar-refractivity contribution in [1.82, 2.24) is 25.3 Å². The van der Waals surface area contributed by atoms with Crippen molar-refractivity contribution in [1.29, 1.82) is 0 Å². The van der Waals surface area contributed by atoms with Gasteiger partial charge in [0.05, 0.1) is 26.4 Å². The summed E-state index contributed by atoms with van der Waals surface area (Å²) >= 11 is 0. The minimum atomic E-state index is -0.143. The number of aromatic nitrogens is 4. The number of hydrogen-bond acceptors (Lipinski definition) is 11. The molecule has 232 valence electrons. The molecule has 43 heavy (non-hydrogen) atoms. The van der Waals surface area contributed by atoms with E-state index in [1.165, 1.54) is 32.1 Å². The fourth-order valence-corrected chi connectivity index (χ4v) is 4.79. The van der Waals surface area contributed by atoms with Gasteiger partial charge in [0.2, 0.25) is 17.8 Å². The Morgan fingerprint density at radius 1 is 0.814 bits per heavy atom. The summed E-state index contributed by atoms with van der Waals surface area (Å²) in [5.41, 5.74) is 7.97. The molecule has 0 spiro atoms. The average molecular weight is 592 g/mol. The highest BCUT2D eigenvalue weighted by Crippen LogP contribution is 2.24. The molecule has 1 aromatic carbocycles. The Hall–Kier alpha value is -3.87. The Morgan fingerprint density at radius 2 is 1.53 bits per heavy atom. The smallest absolute Gasteiger partial charge is 0.251 e. The first-order valence-corrected chi connectivity index (χ1v) is 15.3. The van der Waals surface area contributed by atoms with Crippen LogP contribution in [0.25, 0.3) is 0 Å². The summed E-state index contributed by atoms with van der Waals surface area (Å²) in [6.45, 7) is 4.83. The zero-order valence-electron chi connectivity index (χ0n) is 24.9. The van der Waals surface area contributed by atoms with Gasteiger partial charge in [0.15, 0.2) is 0 Å². The van der Waals surface area contributed by atoms with Gasteiger partial charge in [-0.25, -0.2) is 0 Å². The number of carbonyl (C=O) groups excluding carboxylic acids is 1. The van der Waals surface area contributed by atoms with Crippen molar-refractivity contribution in [3.05, 3.63) is 65.5 Å². The van der Waals surface area contributed by atoms with Crippen LogP contribution in [0.15, 0.2) is 48.7 Å². The largest absolute Gasteiger partial charge is 0.378 e. The minimum Gasteiger partial charge on any atom is -0.378 e. The minimum absolute atomic E-state index is 0.143. The van der Waals surface area contributed by atoms with Crippen LogP contribution in [-0.2, 0) is 22.4 Å². The molecule has 6 N–H and O–H groups in total. The molecule has 1 fully saturated rings. The van der Waals surface area contributed by atoms with E-state index in [4.69, 9.17) is 15.2 Å². The van der Waals surface area contributed by atoms with E-state index in [2.05, 4.69) is 41.2 Å². The van der Waals surface area contributed by atoms with Gasteiger partial charge in [0.1, 0.15) is 0 Å². The predicted octanol–water partition coefficient (Wildman–Crippen LogP) is 3.25. The van der Waals surface area contributed by atoms with Crippen LogP contribution in [0.2, 0.25) is 0 Å². The van der Waals surface area contributed by atoms with Crippen LogP contribution >= 0.6 is 0 Å². The molecule has 2 aromatic heterocycles. The van der Waals surface area contributed by atoms with E-state index >= 15 is 0 Å². The summed E-state index contributed by atoms with van der Waals surface area (Å²) in [5.74, 6) is 2.06. The summed E-state index contributed by atoms with van der Waals surface area (Å²) < 4.78 is 10.7. The molecule has 0 unspecified atom stereocenters. The molecule has 1 aliphatic rings. The zero-order chi connectivity index (χ0) is 30.0. The number of nitrogens with zero attached hydrogens (tertiary/aromatic N) is 4. The van der Waals surface area contributed by atoms with Gasteiger partial charge in [-0.15, -0.1) is 0 Å². The van der Waals surface area contributed by atoms with E-state index in [9.17, 15) is 4.79 Å². The lowest BCUT2D eigenvalue weighted by atomic mass is 9.89. The lowest BCUT2D eigenvalue weighted by Crippen LogP contribution is -2.27. The molecule has 0 saturated heterocycles. The quantitative estimate of drug-likeness (QED) is 0.130. The number of nitrogens with one attached hydrogen (secondary N) is 4. The van der Waals surface area contributed by atoms with Gasteiger partial charge in [-0.05, 0) is 48.6 Å². The second-order valence-corrected chi connectivity index (χ2v) is 10.5. The lowest BCUT2D eigenvalue weighted by Gasteiger charge is -2.21. The topological polar surface area (TPSA) is 161 Å². The number of amides is 1. The molecule has 12 heteroatoms. The number of hydrogen-bond donors (Lipinski definition) is 5. The zero-order valence-corrected chi connectivity index (χ0v) is 24.9. The number of carbonyl (C=O) groups is 1. The standard InChI is InChI=1S/C31H45N9O3/c32-14-18-42-20-21-43-19-17-34-28(41)26-11-9-25(10-12-26)23-37-31-39-29(35-16-13-27-8-4-5-15-33-27)38-30(40-31)36-22-24-6-2-1-3-7-24/h4-5,8-12,15,24H,1-3,6-7,13-14,16-23,32H2,(H,34,41)(H3,35,36,37,38,39,40). The average Bonchev–Trinajstić information content (AvgIpc) is 3.05. The van der Waals surface area contributed by atoms with Crippen LogP contribution in [-0.4, -0.2) is 78.4 Å². The van der Waals surface area contributed by atoms with E-state index < -0.39 is 0 Å². The van der Waals surface area contributed by atoms with Crippen LogP contribution in [0.3, 0.4) is 0 Å². The molecular weight excluding hydrogens is 546 g/mol. The molecule has 0 radical (unpaired) electrons. The van der Waals surface area contributed by atoms with Gasteiger partial charge in [0, 0.05) is 56.6 Å². The van der Waals surface area contributed by atoms with Gasteiger partial charge >= 0.3 is 0 Å². The highest BCUT2D eigenvalue weighted by Gasteiger charge is 2.15. The van der Waals surface area contributed by atoms with Gasteiger partial charge in [-0.3, -0.25) is 9.78 Å². The monoisotopic (exact) mass is 591 g/mol. The third kappa shape index (κ3) is 12.1. The van der Waals surface area contributed by atoms with E-state index in [0.29, 0.717) is 81.9 Å². The number of ether oxygens (including phenoxy) is 2. The molecule has 1 amide bonds. The number of nitrogens with two attached hydrogens (primary N) is 1. The van der Waals surface area contributed by atoms with E-state index in [0.717, 1.165) is 24.2 Å². The second-order valence-electron chi connectivity index (χ2n) is 10.5. The van der Waals surface area contributed by atoms with Crippen LogP contribution < -0.4 is 27.0 Å². The number of rotatable bonds is 19. The van der Waals surface area contributed by atoms with Crippen molar-refractivity contribution in [3.63, 3.8) is 0 Å². The van der Waals surface area contributed by atoms with Crippen molar-refractivity contribution < 1.29 is 14.3 Å². The highest BCUT2D eigenvalue weighted by atomic mass is 16.5. The summed E-state index contributed by atoms with van der Waals surface area (Å²) in [4.78, 5) is 30.7. The molecule has 1 aliphatic carbocycles. The third-order valence-electron chi connectivity index (χ3n) is 7.13. The maximum atomic E-state index is 12.5. The summed E-state index contributed by atoms with van der Waals surface area (Å²) in [5, 5.41) is 12.9. The van der Waals surface area contributed by atoms with Crippen molar-refractivity contribution in [2.45, 2.75) is 45.1 Å². The molecule has 0 aliphatic heterocycles. The fraction of sp³-hybridized carbons (Fsp3) is 0.516. The Labute approximate surface area is 254 Å². The first kappa shape index (κ1) is 32.1. The molecular formula is C31H45N9O3. The Kier molecular flexibility index (Phi) is 13.9. The molecule has 0 bridgehead atoms. The van der Waals surface area contributed by atoms with Crippen molar-refractivity contribution >= 4 is 23.8 Å². The Balaban J connectivity index is 1.27. The highest BCUT2D eigenvalue weighted by molar-refractivity contribution is 5.94. The van der Waals surface area contributed by atoms with Crippen LogP contribution in [0, 0.1) is 5.92 Å². The van der Waals surface area contributed by atoms with Crippen molar-refractivity contribution in [2.24, 2.45) is 11.7 Å². The summed E-state index contributed by atoms with van der Waals surface area (Å²) in [6.07, 6.45) is 8.95. The van der Waals surface area contributed by atoms with Gasteiger partial charge in [0.25, 0.3) is 5.91 Å². The van der Waals surface area contributed by atoms with Crippen LogP contribution in [0.5, 0.6) is 0 Å². The molecule has 12 nitrogen and oxygen atoms in total. The molecule has 4 rings (SSSR count). The fourth-order valence-electron chi connectivity index (χ4n) is 4.79. The first-order valence-electron chi connectivity index (χ1n) is 15.3. The third-order valence-corrected chi connectivity index (χ3v) is 7.13. The molecule has 0 atom stereocenters. The first-order chi connectivity index (χ1) is 21.2. The Morgan fingerprint density at radius 3 is 2.26 bits per heavy atom. The van der Waals surface area contributed by atoms with Crippen LogP contribution in [0.4, 0.5) is 17.8 Å². The number of anilines is 3. The molecule has 1 saturated carbocycles. The van der Waals surface area contributed by atoms with Crippen LogP contribution in [0.1, 0.15) is 53.7 Å². The van der Waals surface area contributed by atoms with Crippen molar-refractivity contribution in [3.8, 4) is 0 Å². The maximum absolute atomic E-state index is 12.5. The van der Waals surface area contributed by atoms with Gasteiger partial charge in [-0.1, -0.05) is 37.5 Å². The molecule has 2 heterocycles.